The van der Waals surface area contributed by atoms with Crippen molar-refractivity contribution in [2.24, 2.45) is 0 Å². The molecular weight excluding hydrogens is 314 g/mol. The van der Waals surface area contributed by atoms with Gasteiger partial charge in [0.1, 0.15) is 0 Å². The van der Waals surface area contributed by atoms with E-state index < -0.39 is 0 Å². The van der Waals surface area contributed by atoms with Crippen LogP contribution in [0.1, 0.15) is 30.5 Å². The Morgan fingerprint density at radius 3 is 2.35 bits per heavy atom. The standard InChI is InChI=1S/C25H21N/c1-16-12-19(23-14-17-8-4-5-9-18(17)15-26-23)13-22-24(16)20-10-6-7-11-21(20)25(22,2)3/h4-15H,1-3H3. The molecule has 26 heavy (non-hydrogen) atoms. The first-order valence-corrected chi connectivity index (χ1v) is 9.16. The average Bonchev–Trinajstić information content (AvgIpc) is 2.89. The molecule has 0 unspecified atom stereocenters. The molecule has 0 aliphatic heterocycles. The van der Waals surface area contributed by atoms with Gasteiger partial charge in [0.25, 0.3) is 0 Å². The van der Waals surface area contributed by atoms with Crippen LogP contribution in [0.3, 0.4) is 0 Å². The van der Waals surface area contributed by atoms with Crippen molar-refractivity contribution in [3.8, 4) is 22.4 Å². The van der Waals surface area contributed by atoms with Gasteiger partial charge in [0, 0.05) is 22.6 Å². The summed E-state index contributed by atoms with van der Waals surface area (Å²) in [5.41, 5.74) is 9.19. The quantitative estimate of drug-likeness (QED) is 0.386. The van der Waals surface area contributed by atoms with Gasteiger partial charge in [0.2, 0.25) is 0 Å². The molecule has 0 saturated carbocycles. The Kier molecular flexibility index (Phi) is 3.12. The van der Waals surface area contributed by atoms with Crippen LogP contribution in [-0.2, 0) is 5.41 Å². The Morgan fingerprint density at radius 2 is 1.50 bits per heavy atom. The second-order valence-corrected chi connectivity index (χ2v) is 7.80. The third-order valence-corrected chi connectivity index (χ3v) is 5.81. The Hall–Kier alpha value is -2.93. The Labute approximate surface area is 154 Å². The minimum Gasteiger partial charge on any atom is -0.256 e. The molecule has 1 aliphatic rings. The van der Waals surface area contributed by atoms with Crippen molar-refractivity contribution in [1.29, 1.82) is 0 Å². The fourth-order valence-electron chi connectivity index (χ4n) is 4.42. The van der Waals surface area contributed by atoms with Crippen molar-refractivity contribution >= 4 is 10.8 Å². The Morgan fingerprint density at radius 1 is 0.769 bits per heavy atom. The summed E-state index contributed by atoms with van der Waals surface area (Å²) in [5, 5.41) is 2.42. The third kappa shape index (κ3) is 2.07. The maximum atomic E-state index is 4.74. The lowest BCUT2D eigenvalue weighted by molar-refractivity contribution is 0.660. The minimum atomic E-state index is 0.0174. The maximum Gasteiger partial charge on any atom is 0.0708 e. The van der Waals surface area contributed by atoms with E-state index in [1.165, 1.54) is 44.2 Å². The van der Waals surface area contributed by atoms with Crippen molar-refractivity contribution in [2.45, 2.75) is 26.2 Å². The molecule has 1 aromatic heterocycles. The second-order valence-electron chi connectivity index (χ2n) is 7.80. The van der Waals surface area contributed by atoms with Crippen LogP contribution in [0, 0.1) is 6.92 Å². The molecule has 0 fully saturated rings. The number of rotatable bonds is 1. The van der Waals surface area contributed by atoms with Crippen LogP contribution >= 0.6 is 0 Å². The summed E-state index contributed by atoms with van der Waals surface area (Å²) in [6.45, 7) is 6.88. The number of aryl methyl sites for hydroxylation is 1. The second kappa shape index (κ2) is 5.28. The van der Waals surface area contributed by atoms with Crippen LogP contribution in [-0.4, -0.2) is 4.98 Å². The number of fused-ring (bicyclic) bond motifs is 4. The predicted molar refractivity (Wildman–Crippen MR) is 109 cm³/mol. The van der Waals surface area contributed by atoms with E-state index in [2.05, 4.69) is 87.5 Å². The first-order valence-electron chi connectivity index (χ1n) is 9.16. The predicted octanol–water partition coefficient (Wildman–Crippen LogP) is 6.52. The van der Waals surface area contributed by atoms with Crippen LogP contribution < -0.4 is 0 Å². The lowest BCUT2D eigenvalue weighted by Crippen LogP contribution is -2.15. The van der Waals surface area contributed by atoms with Gasteiger partial charge in [0.15, 0.2) is 0 Å². The molecule has 0 spiro atoms. The number of nitrogens with zero attached hydrogens (tertiary/aromatic N) is 1. The van der Waals surface area contributed by atoms with Gasteiger partial charge in [-0.2, -0.15) is 0 Å². The molecular formula is C25H21N. The lowest BCUT2D eigenvalue weighted by atomic mass is 9.81. The molecule has 1 heteroatoms. The molecule has 0 bridgehead atoms. The van der Waals surface area contributed by atoms with Gasteiger partial charge < -0.3 is 0 Å². The molecule has 0 atom stereocenters. The molecule has 1 aliphatic carbocycles. The molecule has 1 heterocycles. The van der Waals surface area contributed by atoms with E-state index in [9.17, 15) is 0 Å². The number of pyridine rings is 1. The zero-order valence-corrected chi connectivity index (χ0v) is 15.4. The fraction of sp³-hybridized carbons (Fsp3) is 0.160. The highest BCUT2D eigenvalue weighted by Crippen LogP contribution is 2.50. The normalized spacial score (nSPS) is 14.3. The SMILES string of the molecule is Cc1cc(-c2cc3ccccc3cn2)cc2c1-c1ccccc1C2(C)C. The Balaban J connectivity index is 1.74. The van der Waals surface area contributed by atoms with Gasteiger partial charge >= 0.3 is 0 Å². The van der Waals surface area contributed by atoms with Crippen molar-refractivity contribution in [1.82, 2.24) is 4.98 Å². The van der Waals surface area contributed by atoms with E-state index in [1.807, 2.05) is 6.20 Å². The monoisotopic (exact) mass is 335 g/mol. The van der Waals surface area contributed by atoms with E-state index in [0.717, 1.165) is 5.69 Å². The van der Waals surface area contributed by atoms with Gasteiger partial charge in [0.05, 0.1) is 5.69 Å². The number of hydrogen-bond acceptors (Lipinski definition) is 1. The van der Waals surface area contributed by atoms with Crippen molar-refractivity contribution < 1.29 is 0 Å². The van der Waals surface area contributed by atoms with Crippen LogP contribution in [0.25, 0.3) is 33.2 Å². The van der Waals surface area contributed by atoms with Gasteiger partial charge in [-0.1, -0.05) is 62.4 Å². The topological polar surface area (TPSA) is 12.9 Å². The molecule has 5 rings (SSSR count). The Bertz CT molecular complexity index is 1170. The molecule has 126 valence electrons. The lowest BCUT2D eigenvalue weighted by Gasteiger charge is -2.22. The van der Waals surface area contributed by atoms with E-state index >= 15 is 0 Å². The van der Waals surface area contributed by atoms with Gasteiger partial charge in [-0.15, -0.1) is 0 Å². The number of aromatic nitrogens is 1. The van der Waals surface area contributed by atoms with E-state index in [1.54, 1.807) is 0 Å². The van der Waals surface area contributed by atoms with Crippen LogP contribution in [0.5, 0.6) is 0 Å². The van der Waals surface area contributed by atoms with Crippen molar-refractivity contribution in [3.63, 3.8) is 0 Å². The fourth-order valence-corrected chi connectivity index (χ4v) is 4.42. The molecule has 0 amide bonds. The summed E-state index contributed by atoms with van der Waals surface area (Å²) < 4.78 is 0. The van der Waals surface area contributed by atoms with E-state index in [4.69, 9.17) is 4.98 Å². The zero-order chi connectivity index (χ0) is 17.9. The van der Waals surface area contributed by atoms with E-state index in [0.29, 0.717) is 0 Å². The van der Waals surface area contributed by atoms with Crippen LogP contribution in [0.2, 0.25) is 0 Å². The first kappa shape index (κ1) is 15.3. The molecule has 0 saturated heterocycles. The molecule has 0 N–H and O–H groups in total. The molecule has 4 aromatic rings. The van der Waals surface area contributed by atoms with Gasteiger partial charge in [-0.25, -0.2) is 0 Å². The largest absolute Gasteiger partial charge is 0.256 e. The zero-order valence-electron chi connectivity index (χ0n) is 15.4. The molecule has 1 nitrogen and oxygen atoms in total. The summed E-state index contributed by atoms with van der Waals surface area (Å²) in [5.74, 6) is 0. The van der Waals surface area contributed by atoms with Crippen molar-refractivity contribution in [2.75, 3.05) is 0 Å². The summed E-state index contributed by atoms with van der Waals surface area (Å²) in [4.78, 5) is 4.74. The number of hydrogen-bond donors (Lipinski definition) is 0. The first-order chi connectivity index (χ1) is 12.6. The molecule has 0 radical (unpaired) electrons. The summed E-state index contributed by atoms with van der Waals surface area (Å²) in [6.07, 6.45) is 1.98. The van der Waals surface area contributed by atoms with Gasteiger partial charge in [-0.3, -0.25) is 4.98 Å². The van der Waals surface area contributed by atoms with E-state index in [-0.39, 0.29) is 5.41 Å². The van der Waals surface area contributed by atoms with Crippen LogP contribution in [0.15, 0.2) is 72.9 Å². The number of benzene rings is 3. The maximum absolute atomic E-state index is 4.74. The van der Waals surface area contributed by atoms with Gasteiger partial charge in [-0.05, 0) is 58.3 Å². The smallest absolute Gasteiger partial charge is 0.0708 e. The summed E-state index contributed by atoms with van der Waals surface area (Å²) >= 11 is 0. The average molecular weight is 335 g/mol. The molecule has 3 aromatic carbocycles. The van der Waals surface area contributed by atoms with Crippen molar-refractivity contribution in [3.05, 3.63) is 89.6 Å². The minimum absolute atomic E-state index is 0.0174. The summed E-state index contributed by atoms with van der Waals surface area (Å²) in [6, 6.07) is 24.0. The highest BCUT2D eigenvalue weighted by atomic mass is 14.7. The summed E-state index contributed by atoms with van der Waals surface area (Å²) in [7, 11) is 0. The van der Waals surface area contributed by atoms with Crippen LogP contribution in [0.4, 0.5) is 0 Å². The third-order valence-electron chi connectivity index (χ3n) is 5.81. The highest BCUT2D eigenvalue weighted by Gasteiger charge is 2.36. The highest BCUT2D eigenvalue weighted by molar-refractivity contribution is 5.88.